The second-order valence-electron chi connectivity index (χ2n) is 5.85. The fraction of sp³-hybridized carbons (Fsp3) is 0.389. The van der Waals surface area contributed by atoms with Crippen molar-refractivity contribution in [3.63, 3.8) is 0 Å². The summed E-state index contributed by atoms with van der Waals surface area (Å²) in [5.41, 5.74) is 5.42. The predicted octanol–water partition coefficient (Wildman–Crippen LogP) is 2.84. The molecule has 0 saturated heterocycles. The van der Waals surface area contributed by atoms with Crippen LogP contribution in [0.25, 0.3) is 11.0 Å². The van der Waals surface area contributed by atoms with Gasteiger partial charge in [0.15, 0.2) is 0 Å². The van der Waals surface area contributed by atoms with Crippen LogP contribution in [0.15, 0.2) is 28.7 Å². The molecule has 3 rings (SSSR count). The monoisotopic (exact) mass is 313 g/mol. The van der Waals surface area contributed by atoms with Gasteiger partial charge in [-0.05, 0) is 32.4 Å². The minimum Gasteiger partial charge on any atom is -0.459 e. The molecule has 0 unspecified atom stereocenters. The molecule has 0 spiro atoms. The molecule has 2 aromatic heterocycles. The first kappa shape index (κ1) is 15.8. The van der Waals surface area contributed by atoms with Crippen molar-refractivity contribution < 1.29 is 9.52 Å². The summed E-state index contributed by atoms with van der Waals surface area (Å²) in [5.74, 6) is 0.976. The van der Waals surface area contributed by atoms with Crippen molar-refractivity contribution in [2.24, 2.45) is 0 Å². The number of benzene rings is 1. The molecule has 0 bridgehead atoms. The number of aliphatic hydroxyl groups is 1. The molecule has 1 aromatic carbocycles. The fourth-order valence-corrected chi connectivity index (χ4v) is 3.00. The van der Waals surface area contributed by atoms with Crippen molar-refractivity contribution in [1.82, 2.24) is 15.1 Å². The summed E-state index contributed by atoms with van der Waals surface area (Å²) in [4.78, 5) is 0. The van der Waals surface area contributed by atoms with E-state index in [2.05, 4.69) is 23.4 Å². The van der Waals surface area contributed by atoms with E-state index in [1.54, 1.807) is 0 Å². The molecule has 0 saturated carbocycles. The van der Waals surface area contributed by atoms with Gasteiger partial charge in [-0.3, -0.25) is 4.68 Å². The number of aryl methyl sites for hydroxylation is 2. The van der Waals surface area contributed by atoms with Gasteiger partial charge >= 0.3 is 0 Å². The molecule has 0 aliphatic carbocycles. The predicted molar refractivity (Wildman–Crippen MR) is 90.3 cm³/mol. The van der Waals surface area contributed by atoms with Gasteiger partial charge in [0.1, 0.15) is 11.3 Å². The first-order chi connectivity index (χ1) is 11.1. The van der Waals surface area contributed by atoms with E-state index in [9.17, 15) is 0 Å². The summed E-state index contributed by atoms with van der Waals surface area (Å²) in [6, 6.07) is 8.11. The minimum atomic E-state index is 0.104. The van der Waals surface area contributed by atoms with Crippen LogP contribution in [0.3, 0.4) is 0 Å². The third-order valence-electron chi connectivity index (χ3n) is 4.37. The van der Waals surface area contributed by atoms with Crippen molar-refractivity contribution >= 4 is 11.0 Å². The lowest BCUT2D eigenvalue weighted by atomic mass is 10.1. The van der Waals surface area contributed by atoms with Crippen molar-refractivity contribution in [3.05, 3.63) is 52.5 Å². The quantitative estimate of drug-likeness (QED) is 0.734. The van der Waals surface area contributed by atoms with Crippen LogP contribution in [-0.2, 0) is 19.6 Å². The summed E-state index contributed by atoms with van der Waals surface area (Å²) in [6.45, 7) is 8.20. The Balaban J connectivity index is 1.70. The number of nitrogens with zero attached hydrogens (tertiary/aromatic N) is 2. The van der Waals surface area contributed by atoms with E-state index in [0.29, 0.717) is 13.1 Å². The maximum Gasteiger partial charge on any atom is 0.134 e. The van der Waals surface area contributed by atoms with E-state index in [4.69, 9.17) is 9.52 Å². The zero-order chi connectivity index (χ0) is 16.4. The molecular formula is C18H23N3O2. The van der Waals surface area contributed by atoms with Crippen LogP contribution in [0, 0.1) is 20.8 Å². The highest BCUT2D eigenvalue weighted by Crippen LogP contribution is 2.24. The van der Waals surface area contributed by atoms with E-state index in [1.165, 1.54) is 16.5 Å². The molecule has 5 heteroatoms. The first-order valence-electron chi connectivity index (χ1n) is 7.93. The van der Waals surface area contributed by atoms with Crippen LogP contribution >= 0.6 is 0 Å². The Labute approximate surface area is 135 Å². The van der Waals surface area contributed by atoms with Gasteiger partial charge in [0.25, 0.3) is 0 Å². The molecule has 23 heavy (non-hydrogen) atoms. The molecule has 2 heterocycles. The normalized spacial score (nSPS) is 11.5. The zero-order valence-electron chi connectivity index (χ0n) is 13.9. The van der Waals surface area contributed by atoms with E-state index in [0.717, 1.165) is 29.3 Å². The summed E-state index contributed by atoms with van der Waals surface area (Å²) in [6.07, 6.45) is 0. The number of aliphatic hydroxyl groups excluding tert-OH is 1. The lowest BCUT2D eigenvalue weighted by Crippen LogP contribution is -2.14. The fourth-order valence-electron chi connectivity index (χ4n) is 3.00. The standard InChI is InChI=1S/C18H23N3O2/c1-12-15-6-4-5-7-17(15)23-18(12)11-19-10-16-13(2)20-21(8-9-22)14(16)3/h4-7,19,22H,8-11H2,1-3H3. The SMILES string of the molecule is Cc1nn(CCO)c(C)c1CNCc1oc2ccccc2c1C. The second-order valence-corrected chi connectivity index (χ2v) is 5.85. The van der Waals surface area contributed by atoms with Crippen molar-refractivity contribution in [2.45, 2.75) is 40.4 Å². The molecule has 0 radical (unpaired) electrons. The highest BCUT2D eigenvalue weighted by molar-refractivity contribution is 5.81. The van der Waals surface area contributed by atoms with Crippen molar-refractivity contribution in [1.29, 1.82) is 0 Å². The number of fused-ring (bicyclic) bond motifs is 1. The van der Waals surface area contributed by atoms with Crippen LogP contribution in [0.5, 0.6) is 0 Å². The number of aromatic nitrogens is 2. The number of furan rings is 1. The Hall–Kier alpha value is -2.11. The molecule has 5 nitrogen and oxygen atoms in total. The largest absolute Gasteiger partial charge is 0.459 e. The maximum absolute atomic E-state index is 9.08. The van der Waals surface area contributed by atoms with E-state index in [-0.39, 0.29) is 6.61 Å². The molecular weight excluding hydrogens is 290 g/mol. The molecule has 0 aliphatic rings. The van der Waals surface area contributed by atoms with Gasteiger partial charge in [0, 0.05) is 23.2 Å². The Morgan fingerprint density at radius 3 is 2.70 bits per heavy atom. The number of nitrogens with one attached hydrogen (secondary N) is 1. The molecule has 3 aromatic rings. The molecule has 0 amide bonds. The van der Waals surface area contributed by atoms with Crippen LogP contribution < -0.4 is 5.32 Å². The lowest BCUT2D eigenvalue weighted by Gasteiger charge is -2.05. The lowest BCUT2D eigenvalue weighted by molar-refractivity contribution is 0.267. The Bertz CT molecular complexity index is 817. The summed E-state index contributed by atoms with van der Waals surface area (Å²) in [7, 11) is 0. The molecule has 0 fully saturated rings. The average Bonchev–Trinajstić information content (AvgIpc) is 3.00. The Morgan fingerprint density at radius 2 is 1.96 bits per heavy atom. The van der Waals surface area contributed by atoms with Gasteiger partial charge in [0.2, 0.25) is 0 Å². The van der Waals surface area contributed by atoms with Gasteiger partial charge in [0.05, 0.1) is 25.4 Å². The van der Waals surface area contributed by atoms with Gasteiger partial charge in [-0.15, -0.1) is 0 Å². The summed E-state index contributed by atoms with van der Waals surface area (Å²) in [5, 5.41) is 18.2. The minimum absolute atomic E-state index is 0.104. The number of para-hydroxylation sites is 1. The topological polar surface area (TPSA) is 63.2 Å². The van der Waals surface area contributed by atoms with E-state index >= 15 is 0 Å². The van der Waals surface area contributed by atoms with E-state index < -0.39 is 0 Å². The highest BCUT2D eigenvalue weighted by Gasteiger charge is 2.13. The number of rotatable bonds is 6. The van der Waals surface area contributed by atoms with Crippen molar-refractivity contribution in [3.8, 4) is 0 Å². The number of hydrogen-bond acceptors (Lipinski definition) is 4. The van der Waals surface area contributed by atoms with Crippen LogP contribution in [-0.4, -0.2) is 21.5 Å². The molecule has 0 aliphatic heterocycles. The van der Waals surface area contributed by atoms with E-state index in [1.807, 2.05) is 36.7 Å². The third kappa shape index (κ3) is 3.02. The maximum atomic E-state index is 9.08. The summed E-state index contributed by atoms with van der Waals surface area (Å²) >= 11 is 0. The smallest absolute Gasteiger partial charge is 0.134 e. The third-order valence-corrected chi connectivity index (χ3v) is 4.37. The highest BCUT2D eigenvalue weighted by atomic mass is 16.3. The van der Waals surface area contributed by atoms with Crippen molar-refractivity contribution in [2.75, 3.05) is 6.61 Å². The van der Waals surface area contributed by atoms with Crippen LogP contribution in [0.2, 0.25) is 0 Å². The molecule has 2 N–H and O–H groups in total. The Morgan fingerprint density at radius 1 is 1.17 bits per heavy atom. The van der Waals surface area contributed by atoms with Gasteiger partial charge in [-0.1, -0.05) is 18.2 Å². The van der Waals surface area contributed by atoms with Gasteiger partial charge < -0.3 is 14.8 Å². The van der Waals surface area contributed by atoms with Gasteiger partial charge in [-0.25, -0.2) is 0 Å². The summed E-state index contributed by atoms with van der Waals surface area (Å²) < 4.78 is 7.78. The Kier molecular flexibility index (Phi) is 4.50. The van der Waals surface area contributed by atoms with Crippen LogP contribution in [0.4, 0.5) is 0 Å². The second kappa shape index (κ2) is 6.56. The molecule has 0 atom stereocenters. The number of hydrogen-bond donors (Lipinski definition) is 2. The first-order valence-corrected chi connectivity index (χ1v) is 7.93. The zero-order valence-corrected chi connectivity index (χ0v) is 13.9. The van der Waals surface area contributed by atoms with Gasteiger partial charge in [-0.2, -0.15) is 5.10 Å². The van der Waals surface area contributed by atoms with Crippen LogP contribution in [0.1, 0.15) is 28.3 Å². The molecule has 122 valence electrons. The average molecular weight is 313 g/mol.